The lowest BCUT2D eigenvalue weighted by atomic mass is 10.2. The Morgan fingerprint density at radius 3 is 2.40 bits per heavy atom. The molecule has 1 fully saturated rings. The maximum Gasteiger partial charge on any atom is 0.322 e. The van der Waals surface area contributed by atoms with Crippen LogP contribution in [0.4, 0.5) is 0 Å². The quantitative estimate of drug-likeness (QED) is 0.843. The Balaban J connectivity index is 2.54. The highest BCUT2D eigenvalue weighted by molar-refractivity contribution is 9.10. The molecule has 5 nitrogen and oxygen atoms in total. The van der Waals surface area contributed by atoms with Gasteiger partial charge in [0.25, 0.3) is 0 Å². The van der Waals surface area contributed by atoms with Crippen LogP contribution in [0.1, 0.15) is 12.8 Å². The number of hydrogen-bond acceptors (Lipinski definition) is 3. The third kappa shape index (κ3) is 2.82. The van der Waals surface area contributed by atoms with E-state index >= 15 is 0 Å². The van der Waals surface area contributed by atoms with Crippen LogP contribution in [-0.4, -0.2) is 36.4 Å². The van der Waals surface area contributed by atoms with Crippen LogP contribution in [0.15, 0.2) is 21.5 Å². The molecule has 0 unspecified atom stereocenters. The Morgan fingerprint density at radius 2 is 1.90 bits per heavy atom. The molecule has 1 N–H and O–H groups in total. The van der Waals surface area contributed by atoms with E-state index in [9.17, 15) is 13.2 Å². The Bertz CT molecular complexity index is 641. The molecule has 0 bridgehead atoms. The van der Waals surface area contributed by atoms with Gasteiger partial charge < -0.3 is 5.11 Å². The summed E-state index contributed by atoms with van der Waals surface area (Å²) in [7, 11) is -4.04. The molecule has 0 spiro atoms. The van der Waals surface area contributed by atoms with E-state index in [2.05, 4.69) is 15.9 Å². The predicted octanol–water partition coefficient (Wildman–Crippen LogP) is 2.99. The van der Waals surface area contributed by atoms with Gasteiger partial charge in [-0.25, -0.2) is 8.42 Å². The largest absolute Gasteiger partial charge is 0.480 e. The lowest BCUT2D eigenvalue weighted by Crippen LogP contribution is -2.40. The Hall–Kier alpha value is -0.340. The van der Waals surface area contributed by atoms with Crippen molar-refractivity contribution in [3.05, 3.63) is 26.7 Å². The van der Waals surface area contributed by atoms with Crippen molar-refractivity contribution >= 4 is 55.1 Å². The molecule has 9 heteroatoms. The lowest BCUT2D eigenvalue weighted by Gasteiger charge is -2.22. The molecule has 1 aromatic carbocycles. The molecule has 1 atom stereocenters. The molecule has 0 amide bonds. The van der Waals surface area contributed by atoms with E-state index in [-0.39, 0.29) is 27.9 Å². The summed E-state index contributed by atoms with van der Waals surface area (Å²) in [5.74, 6) is -1.17. The van der Waals surface area contributed by atoms with Crippen LogP contribution in [-0.2, 0) is 14.8 Å². The van der Waals surface area contributed by atoms with E-state index in [1.165, 1.54) is 12.1 Å². The number of sulfonamides is 1. The van der Waals surface area contributed by atoms with Gasteiger partial charge in [-0.2, -0.15) is 4.31 Å². The van der Waals surface area contributed by atoms with E-state index < -0.39 is 22.0 Å². The molecule has 0 aromatic heterocycles. The maximum atomic E-state index is 12.6. The van der Waals surface area contributed by atoms with Crippen LogP contribution in [0.25, 0.3) is 0 Å². The SMILES string of the molecule is O=C(O)[C@H]1CCCN1S(=O)(=O)c1c(Cl)cc(Br)cc1Cl. The first-order chi connectivity index (χ1) is 9.25. The standard InChI is InChI=1S/C11H10BrCl2NO4S/c12-6-4-7(13)10(8(14)5-6)20(18,19)15-3-1-2-9(15)11(16)17/h4-5,9H,1-3H2,(H,16,17)/t9-/m1/s1. The minimum atomic E-state index is -4.04. The number of carboxylic acids is 1. The fraction of sp³-hybridized carbons (Fsp3) is 0.364. The fourth-order valence-corrected chi connectivity index (χ4v) is 5.71. The molecular formula is C11H10BrCl2NO4S. The zero-order chi connectivity index (χ0) is 15.1. The Labute approximate surface area is 134 Å². The lowest BCUT2D eigenvalue weighted by molar-refractivity contribution is -0.140. The van der Waals surface area contributed by atoms with Crippen LogP contribution in [0.5, 0.6) is 0 Å². The van der Waals surface area contributed by atoms with Gasteiger partial charge >= 0.3 is 5.97 Å². The second-order valence-electron chi connectivity index (χ2n) is 4.31. The number of hydrogen-bond donors (Lipinski definition) is 1. The first-order valence-corrected chi connectivity index (χ1v) is 8.63. The van der Waals surface area contributed by atoms with Crippen molar-refractivity contribution in [1.29, 1.82) is 0 Å². The van der Waals surface area contributed by atoms with Crippen LogP contribution < -0.4 is 0 Å². The van der Waals surface area contributed by atoms with E-state index in [4.69, 9.17) is 28.3 Å². The topological polar surface area (TPSA) is 74.7 Å². The minimum Gasteiger partial charge on any atom is -0.480 e. The summed E-state index contributed by atoms with van der Waals surface area (Å²) < 4.78 is 26.6. The van der Waals surface area contributed by atoms with Crippen molar-refractivity contribution in [2.45, 2.75) is 23.8 Å². The first kappa shape index (κ1) is 16.0. The second-order valence-corrected chi connectivity index (χ2v) is 7.87. The average molecular weight is 403 g/mol. The number of halogens is 3. The first-order valence-electron chi connectivity index (χ1n) is 5.64. The maximum absolute atomic E-state index is 12.6. The summed E-state index contributed by atoms with van der Waals surface area (Å²) in [4.78, 5) is 10.9. The van der Waals surface area contributed by atoms with Gasteiger partial charge in [-0.3, -0.25) is 4.79 Å². The van der Waals surface area contributed by atoms with Gasteiger partial charge in [0, 0.05) is 11.0 Å². The van der Waals surface area contributed by atoms with Crippen molar-refractivity contribution in [1.82, 2.24) is 4.31 Å². The normalized spacial score (nSPS) is 20.2. The van der Waals surface area contributed by atoms with Gasteiger partial charge in [-0.1, -0.05) is 39.1 Å². The third-order valence-electron chi connectivity index (χ3n) is 3.02. The number of carboxylic acid groups (broad SMARTS) is 1. The molecule has 0 saturated carbocycles. The molecule has 110 valence electrons. The number of carbonyl (C=O) groups is 1. The van der Waals surface area contributed by atoms with Crippen molar-refractivity contribution in [3.63, 3.8) is 0 Å². The van der Waals surface area contributed by atoms with E-state index in [0.717, 1.165) is 4.31 Å². The molecule has 1 saturated heterocycles. The van der Waals surface area contributed by atoms with E-state index in [0.29, 0.717) is 10.9 Å². The van der Waals surface area contributed by atoms with Crippen LogP contribution in [0.3, 0.4) is 0 Å². The number of aliphatic carboxylic acids is 1. The van der Waals surface area contributed by atoms with Gasteiger partial charge in [-0.05, 0) is 25.0 Å². The molecule has 0 aliphatic carbocycles. The van der Waals surface area contributed by atoms with Crippen molar-refractivity contribution in [2.24, 2.45) is 0 Å². The predicted molar refractivity (Wildman–Crippen MR) is 78.7 cm³/mol. The Kier molecular flexibility index (Phi) is 4.66. The second kappa shape index (κ2) is 5.81. The zero-order valence-corrected chi connectivity index (χ0v) is 13.9. The smallest absolute Gasteiger partial charge is 0.322 e. The zero-order valence-electron chi connectivity index (χ0n) is 10.0. The number of nitrogens with zero attached hydrogens (tertiary/aromatic N) is 1. The highest BCUT2D eigenvalue weighted by Crippen LogP contribution is 2.37. The molecule has 0 radical (unpaired) electrons. The summed E-state index contributed by atoms with van der Waals surface area (Å²) >= 11 is 15.1. The molecule has 20 heavy (non-hydrogen) atoms. The summed E-state index contributed by atoms with van der Waals surface area (Å²) in [5, 5.41) is 9.01. The highest BCUT2D eigenvalue weighted by Gasteiger charge is 2.41. The number of rotatable bonds is 3. The highest BCUT2D eigenvalue weighted by atomic mass is 79.9. The molecule has 1 aromatic rings. The van der Waals surface area contributed by atoms with Gasteiger partial charge in [0.1, 0.15) is 10.9 Å². The molecule has 1 heterocycles. The van der Waals surface area contributed by atoms with Crippen molar-refractivity contribution in [2.75, 3.05) is 6.54 Å². The van der Waals surface area contributed by atoms with E-state index in [1.807, 2.05) is 0 Å². The summed E-state index contributed by atoms with van der Waals surface area (Å²) in [6.45, 7) is 0.141. The molecule has 1 aliphatic rings. The van der Waals surface area contributed by atoms with Crippen LogP contribution in [0.2, 0.25) is 10.0 Å². The molecular weight excluding hydrogens is 393 g/mol. The minimum absolute atomic E-state index is 0.0413. The van der Waals surface area contributed by atoms with Gasteiger partial charge in [0.2, 0.25) is 10.0 Å². The molecule has 1 aliphatic heterocycles. The van der Waals surface area contributed by atoms with Crippen molar-refractivity contribution < 1.29 is 18.3 Å². The van der Waals surface area contributed by atoms with Crippen LogP contribution in [0, 0.1) is 0 Å². The average Bonchev–Trinajstić information content (AvgIpc) is 2.75. The Morgan fingerprint density at radius 1 is 1.35 bits per heavy atom. The van der Waals surface area contributed by atoms with Gasteiger partial charge in [-0.15, -0.1) is 0 Å². The summed E-state index contributed by atoms with van der Waals surface area (Å²) in [6, 6.07) is 1.74. The summed E-state index contributed by atoms with van der Waals surface area (Å²) in [6.07, 6.45) is 0.766. The third-order valence-corrected chi connectivity index (χ3v) is 6.31. The van der Waals surface area contributed by atoms with Crippen LogP contribution >= 0.6 is 39.1 Å². The fourth-order valence-electron chi connectivity index (χ4n) is 2.17. The van der Waals surface area contributed by atoms with Gasteiger partial charge in [0.15, 0.2) is 0 Å². The van der Waals surface area contributed by atoms with Gasteiger partial charge in [0.05, 0.1) is 10.0 Å². The molecule has 2 rings (SSSR count). The summed E-state index contributed by atoms with van der Waals surface area (Å²) in [5.41, 5.74) is 0. The monoisotopic (exact) mass is 401 g/mol. The number of benzene rings is 1. The van der Waals surface area contributed by atoms with Crippen molar-refractivity contribution in [3.8, 4) is 0 Å². The van der Waals surface area contributed by atoms with E-state index in [1.54, 1.807) is 0 Å².